The summed E-state index contributed by atoms with van der Waals surface area (Å²) in [4.78, 5) is 23.7. The van der Waals surface area contributed by atoms with Crippen LogP contribution in [0.4, 0.5) is 13.2 Å². The molecular weight excluding hydrogens is 455 g/mol. The maximum absolute atomic E-state index is 12.4. The van der Waals surface area contributed by atoms with Gasteiger partial charge in [0.25, 0.3) is 5.91 Å². The van der Waals surface area contributed by atoms with Crippen molar-refractivity contribution in [1.29, 1.82) is 0 Å². The first-order valence-corrected chi connectivity index (χ1v) is 9.37. The van der Waals surface area contributed by atoms with Crippen LogP contribution >= 0.6 is 11.6 Å². The number of benzene rings is 2. The summed E-state index contributed by atoms with van der Waals surface area (Å²) < 4.78 is 56.3. The SMILES string of the molecule is COc1cc(/C=C/C(=O)OCC(=O)NCc2ccccc2OC(F)(F)F)cc(Cl)c1OC. The molecule has 0 aliphatic heterocycles. The predicted octanol–water partition coefficient (Wildman–Crippen LogP) is 4.13. The van der Waals surface area contributed by atoms with Gasteiger partial charge in [-0.3, -0.25) is 4.79 Å². The van der Waals surface area contributed by atoms with Gasteiger partial charge in [-0.25, -0.2) is 4.79 Å². The molecule has 0 heterocycles. The number of para-hydroxylation sites is 1. The zero-order chi connectivity index (χ0) is 23.7. The maximum Gasteiger partial charge on any atom is 0.573 e. The average molecular weight is 474 g/mol. The molecule has 0 atom stereocenters. The van der Waals surface area contributed by atoms with Gasteiger partial charge in [0.1, 0.15) is 5.75 Å². The lowest BCUT2D eigenvalue weighted by Gasteiger charge is -2.13. The number of carbonyl (C=O) groups is 2. The van der Waals surface area contributed by atoms with E-state index < -0.39 is 30.6 Å². The van der Waals surface area contributed by atoms with Crippen molar-refractivity contribution in [3.8, 4) is 17.2 Å². The number of rotatable bonds is 9. The molecular formula is C21H19ClF3NO6. The first-order valence-electron chi connectivity index (χ1n) is 8.99. The van der Waals surface area contributed by atoms with E-state index >= 15 is 0 Å². The van der Waals surface area contributed by atoms with E-state index in [-0.39, 0.29) is 17.1 Å². The van der Waals surface area contributed by atoms with Gasteiger partial charge in [-0.15, -0.1) is 13.2 Å². The van der Waals surface area contributed by atoms with Crippen LogP contribution in [0, 0.1) is 0 Å². The predicted molar refractivity (Wildman–Crippen MR) is 110 cm³/mol. The number of hydrogen-bond donors (Lipinski definition) is 1. The van der Waals surface area contributed by atoms with Crippen LogP contribution < -0.4 is 19.5 Å². The Labute approximate surface area is 186 Å². The van der Waals surface area contributed by atoms with Gasteiger partial charge in [-0.2, -0.15) is 0 Å². The smallest absolute Gasteiger partial charge is 0.493 e. The molecule has 0 unspecified atom stereocenters. The van der Waals surface area contributed by atoms with E-state index in [0.29, 0.717) is 17.1 Å². The zero-order valence-corrected chi connectivity index (χ0v) is 17.8. The quantitative estimate of drug-likeness (QED) is 0.435. The van der Waals surface area contributed by atoms with Crippen LogP contribution in [0.15, 0.2) is 42.5 Å². The normalized spacial score (nSPS) is 11.2. The fourth-order valence-corrected chi connectivity index (χ4v) is 2.80. The van der Waals surface area contributed by atoms with E-state index in [1.807, 2.05) is 0 Å². The Morgan fingerprint density at radius 1 is 1.09 bits per heavy atom. The number of amides is 1. The molecule has 1 N–H and O–H groups in total. The molecule has 2 rings (SSSR count). The molecule has 172 valence electrons. The van der Waals surface area contributed by atoms with Crippen LogP contribution in [0.1, 0.15) is 11.1 Å². The molecule has 7 nitrogen and oxygen atoms in total. The number of carbonyl (C=O) groups excluding carboxylic acids is 2. The lowest BCUT2D eigenvalue weighted by atomic mass is 10.2. The lowest BCUT2D eigenvalue weighted by Crippen LogP contribution is -2.28. The van der Waals surface area contributed by atoms with Crippen molar-refractivity contribution in [2.45, 2.75) is 12.9 Å². The van der Waals surface area contributed by atoms with Crippen molar-refractivity contribution < 1.29 is 41.7 Å². The molecule has 0 aliphatic carbocycles. The summed E-state index contributed by atoms with van der Waals surface area (Å²) in [6.07, 6.45) is -2.38. The molecule has 0 aliphatic rings. The van der Waals surface area contributed by atoms with Crippen LogP contribution in [0.25, 0.3) is 6.08 Å². The summed E-state index contributed by atoms with van der Waals surface area (Å²) in [7, 11) is 2.87. The third kappa shape index (κ3) is 7.69. The second-order valence-corrected chi connectivity index (χ2v) is 6.52. The van der Waals surface area contributed by atoms with E-state index in [1.165, 1.54) is 38.5 Å². The highest BCUT2D eigenvalue weighted by molar-refractivity contribution is 6.32. The average Bonchev–Trinajstić information content (AvgIpc) is 2.74. The van der Waals surface area contributed by atoms with Gasteiger partial charge in [0.15, 0.2) is 18.1 Å². The Kier molecular flexibility index (Phi) is 8.77. The van der Waals surface area contributed by atoms with Crippen molar-refractivity contribution in [2.24, 2.45) is 0 Å². The molecule has 0 fully saturated rings. The fraction of sp³-hybridized carbons (Fsp3) is 0.238. The van der Waals surface area contributed by atoms with Crippen LogP contribution in [0.5, 0.6) is 17.2 Å². The molecule has 0 bridgehead atoms. The van der Waals surface area contributed by atoms with Crippen molar-refractivity contribution in [1.82, 2.24) is 5.32 Å². The van der Waals surface area contributed by atoms with E-state index in [4.69, 9.17) is 25.8 Å². The van der Waals surface area contributed by atoms with Gasteiger partial charge >= 0.3 is 12.3 Å². The van der Waals surface area contributed by atoms with Gasteiger partial charge in [0.2, 0.25) is 0 Å². The zero-order valence-electron chi connectivity index (χ0n) is 17.0. The number of nitrogens with one attached hydrogen (secondary N) is 1. The van der Waals surface area contributed by atoms with E-state index in [0.717, 1.165) is 12.1 Å². The first-order chi connectivity index (χ1) is 15.1. The summed E-state index contributed by atoms with van der Waals surface area (Å²) in [5.74, 6) is -1.25. The molecule has 0 spiro atoms. The minimum absolute atomic E-state index is 0.106. The molecule has 11 heteroatoms. The molecule has 2 aromatic carbocycles. The standard InChI is InChI=1S/C21H19ClF3NO6/c1-29-17-10-13(9-15(22)20(17)30-2)7-8-19(28)31-12-18(27)26-11-14-5-3-4-6-16(14)32-21(23,24)25/h3-10H,11-12H2,1-2H3,(H,26,27)/b8-7+. The topological polar surface area (TPSA) is 83.1 Å². The van der Waals surface area contributed by atoms with Crippen molar-refractivity contribution in [2.75, 3.05) is 20.8 Å². The monoisotopic (exact) mass is 473 g/mol. The number of alkyl halides is 3. The number of halogens is 4. The summed E-state index contributed by atoms with van der Waals surface area (Å²) in [5.41, 5.74) is 0.630. The van der Waals surface area contributed by atoms with Crippen LogP contribution in [-0.4, -0.2) is 39.1 Å². The second kappa shape index (κ2) is 11.3. The summed E-state index contributed by atoms with van der Waals surface area (Å²) >= 11 is 6.08. The summed E-state index contributed by atoms with van der Waals surface area (Å²) in [6.45, 7) is -0.874. The van der Waals surface area contributed by atoms with Crippen molar-refractivity contribution >= 4 is 29.6 Å². The molecule has 0 radical (unpaired) electrons. The highest BCUT2D eigenvalue weighted by Gasteiger charge is 2.32. The number of hydrogen-bond acceptors (Lipinski definition) is 6. The Morgan fingerprint density at radius 2 is 1.81 bits per heavy atom. The Bertz CT molecular complexity index is 994. The first kappa shape index (κ1) is 24.9. The third-order valence-electron chi connectivity index (χ3n) is 3.89. The molecule has 0 aromatic heterocycles. The lowest BCUT2D eigenvalue weighted by molar-refractivity contribution is -0.274. The molecule has 0 saturated heterocycles. The van der Waals surface area contributed by atoms with Crippen molar-refractivity contribution in [3.05, 3.63) is 58.6 Å². The molecule has 2 aromatic rings. The van der Waals surface area contributed by atoms with Gasteiger partial charge in [-0.1, -0.05) is 29.8 Å². The van der Waals surface area contributed by atoms with Crippen LogP contribution in [0.2, 0.25) is 5.02 Å². The van der Waals surface area contributed by atoms with E-state index in [9.17, 15) is 22.8 Å². The summed E-state index contributed by atoms with van der Waals surface area (Å²) in [6, 6.07) is 8.48. The fourth-order valence-electron chi connectivity index (χ4n) is 2.50. The second-order valence-electron chi connectivity index (χ2n) is 6.11. The van der Waals surface area contributed by atoms with Gasteiger partial charge < -0.3 is 24.3 Å². The van der Waals surface area contributed by atoms with Gasteiger partial charge in [0.05, 0.1) is 19.2 Å². The summed E-state index contributed by atoms with van der Waals surface area (Å²) in [5, 5.41) is 2.63. The third-order valence-corrected chi connectivity index (χ3v) is 4.17. The van der Waals surface area contributed by atoms with Gasteiger partial charge in [0, 0.05) is 18.2 Å². The van der Waals surface area contributed by atoms with Crippen molar-refractivity contribution in [3.63, 3.8) is 0 Å². The van der Waals surface area contributed by atoms with E-state index in [2.05, 4.69) is 10.1 Å². The molecule has 32 heavy (non-hydrogen) atoms. The van der Waals surface area contributed by atoms with Gasteiger partial charge in [-0.05, 0) is 29.8 Å². The maximum atomic E-state index is 12.4. The highest BCUT2D eigenvalue weighted by atomic mass is 35.5. The number of esters is 1. The minimum Gasteiger partial charge on any atom is -0.493 e. The van der Waals surface area contributed by atoms with Crippen LogP contribution in [0.3, 0.4) is 0 Å². The highest BCUT2D eigenvalue weighted by Crippen LogP contribution is 2.36. The Morgan fingerprint density at radius 3 is 2.47 bits per heavy atom. The Hall–Kier alpha value is -3.40. The molecule has 0 saturated carbocycles. The molecule has 1 amide bonds. The Balaban J connectivity index is 1.88. The largest absolute Gasteiger partial charge is 0.573 e. The number of ether oxygens (including phenoxy) is 4. The minimum atomic E-state index is -4.86. The van der Waals surface area contributed by atoms with E-state index in [1.54, 1.807) is 12.1 Å². The number of methoxy groups -OCH3 is 2. The van der Waals surface area contributed by atoms with Crippen LogP contribution in [-0.2, 0) is 20.9 Å².